The maximum absolute atomic E-state index is 12.9. The maximum Gasteiger partial charge on any atom is 0.344 e. The number of anilines is 2. The zero-order chi connectivity index (χ0) is 105. The van der Waals surface area contributed by atoms with Gasteiger partial charge in [-0.1, -0.05) is 182 Å². The average molecular weight is 2370 g/mol. The molecule has 4 aromatic heterocycles. The van der Waals surface area contributed by atoms with E-state index in [0.29, 0.717) is 93.6 Å². The molecule has 0 bridgehead atoms. The van der Waals surface area contributed by atoms with E-state index in [2.05, 4.69) is 252 Å². The van der Waals surface area contributed by atoms with Crippen molar-refractivity contribution in [3.05, 3.63) is 368 Å². The molecule has 6 N–H and O–H groups in total. The number of esters is 1. The van der Waals surface area contributed by atoms with Gasteiger partial charge in [-0.3, -0.25) is 23.8 Å². The number of para-hydroxylation sites is 3. The smallest absolute Gasteiger partial charge is 0.344 e. The molecule has 10 aromatic carbocycles. The lowest BCUT2D eigenvalue weighted by Crippen LogP contribution is -2.18. The third-order valence-electron chi connectivity index (χ3n) is 23.9. The third kappa shape index (κ3) is 26.9. The van der Waals surface area contributed by atoms with E-state index in [0.717, 1.165) is 116 Å². The number of halogens is 6. The molecular weight excluding hydrogens is 2260 g/mol. The lowest BCUT2D eigenvalue weighted by molar-refractivity contribution is 0.0600. The molecule has 0 spiro atoms. The number of rotatable bonds is 12. The highest BCUT2D eigenvalue weighted by atomic mass is 79.9. The summed E-state index contributed by atoms with van der Waals surface area (Å²) in [5.74, 6) is 12.1. The Morgan fingerprint density at radius 2 is 0.861 bits per heavy atom. The normalized spacial score (nSPS) is 14.8. The number of hydrogen-bond acceptors (Lipinski definition) is 19. The number of H-pyrrole nitrogens is 3. The number of fused-ring (bicyclic) bond motifs is 7. The Hall–Kier alpha value is -12.2. The van der Waals surface area contributed by atoms with Crippen LogP contribution in [-0.2, 0) is 57.3 Å². The summed E-state index contributed by atoms with van der Waals surface area (Å²) < 4.78 is 107. The van der Waals surface area contributed by atoms with E-state index in [4.69, 9.17) is 47.4 Å². The van der Waals surface area contributed by atoms with Gasteiger partial charge in [0, 0.05) is 127 Å². The summed E-state index contributed by atoms with van der Waals surface area (Å²) in [6, 6.07) is 66.3. The first-order valence-corrected chi connectivity index (χ1v) is 54.0. The van der Waals surface area contributed by atoms with Crippen molar-refractivity contribution in [1.82, 2.24) is 15.0 Å². The van der Waals surface area contributed by atoms with Gasteiger partial charge in [-0.15, -0.1) is 0 Å². The Bertz CT molecular complexity index is 7810. The van der Waals surface area contributed by atoms with Crippen LogP contribution in [0.15, 0.2) is 300 Å². The van der Waals surface area contributed by atoms with Gasteiger partial charge in [-0.25, -0.2) is 26.4 Å². The number of methoxy groups -OCH3 is 1. The van der Waals surface area contributed by atoms with Crippen LogP contribution in [0.1, 0.15) is 145 Å². The van der Waals surface area contributed by atoms with Gasteiger partial charge in [0.2, 0.25) is 20.0 Å². The van der Waals surface area contributed by atoms with Crippen LogP contribution >= 0.6 is 95.6 Å². The summed E-state index contributed by atoms with van der Waals surface area (Å²) in [5.41, 5.74) is 12.7. The van der Waals surface area contributed by atoms with E-state index in [1.165, 1.54) is 42.0 Å². The molecule has 14 aromatic rings. The Labute approximate surface area is 887 Å². The monoisotopic (exact) mass is 2370 g/mol. The van der Waals surface area contributed by atoms with E-state index in [-0.39, 0.29) is 77.2 Å². The Balaban J connectivity index is 0.000000146. The molecular formula is C112H109Br6N5O19S2. The molecule has 0 saturated heterocycles. The predicted octanol–water partition coefficient (Wildman–Crippen LogP) is 25.5. The molecule has 20 rings (SSSR count). The number of aromatic hydroxyl groups is 1. The number of carbonyl (C=O) groups is 1. The first kappa shape index (κ1) is 109. The molecule has 6 aliphatic heterocycles. The van der Waals surface area contributed by atoms with Gasteiger partial charge in [0.1, 0.15) is 58.4 Å². The van der Waals surface area contributed by atoms with Crippen molar-refractivity contribution in [2.45, 2.75) is 122 Å². The number of aromatic nitrogens is 3. The van der Waals surface area contributed by atoms with Crippen LogP contribution in [-0.4, -0.2) is 109 Å². The Morgan fingerprint density at radius 1 is 0.424 bits per heavy atom. The van der Waals surface area contributed by atoms with E-state index < -0.39 is 31.6 Å². The number of carbonyl (C=O) groups excluding carboxylic acids is 1. The first-order valence-electron chi connectivity index (χ1n) is 45.4. The summed E-state index contributed by atoms with van der Waals surface area (Å²) in [7, 11) is -5.78. The van der Waals surface area contributed by atoms with Gasteiger partial charge >= 0.3 is 11.6 Å². The van der Waals surface area contributed by atoms with Crippen LogP contribution in [0, 0.1) is 11.8 Å². The van der Waals surface area contributed by atoms with E-state index >= 15 is 0 Å². The van der Waals surface area contributed by atoms with Crippen LogP contribution < -0.4 is 64.9 Å². The summed E-state index contributed by atoms with van der Waals surface area (Å²) >= 11 is 20.5. The van der Waals surface area contributed by atoms with Crippen molar-refractivity contribution in [2.75, 3.05) is 75.3 Å². The van der Waals surface area contributed by atoms with Crippen LogP contribution in [0.4, 0.5) is 11.4 Å². The number of phenols is 1. The minimum Gasteiger partial charge on any atom is -0.507 e. The second kappa shape index (κ2) is 45.2. The minimum atomic E-state index is -3.53. The summed E-state index contributed by atoms with van der Waals surface area (Å²) in [5, 5.41) is 9.70. The SMILES string of the molecule is C=C(C)COc1ccccc1Br.CC1(C)COc2c(-c3cc4ccc(NS(C)(=O)=O)cc4c(=O)o3)cc(-c3ccc[nH]c3=O)cc21.CC1(C)COc2c(Br)cc(-c3ccc[nH]c3=O)cc21.CC1(C)COc2c(Br)cc(Br)cc21.CC1(C)COc2ccc(Br)cc21.CC1(C)COc2ccccc21.COC(=O)c1cc(NS(C)(=O)=O)ccc1C#Cc1cc(-c2ccc[nH]c2=O)cc2c1OCC2(C)C.Oc1ccccc1Br. The topological polar surface area (TPSA) is 332 Å². The van der Waals surface area contributed by atoms with E-state index in [1.54, 1.807) is 97.5 Å². The maximum atomic E-state index is 12.9. The lowest BCUT2D eigenvalue weighted by Gasteiger charge is -2.17. The second-order valence-corrected chi connectivity index (χ2v) is 47.6. The van der Waals surface area contributed by atoms with Crippen LogP contribution in [0.25, 0.3) is 55.5 Å². The van der Waals surface area contributed by atoms with E-state index in [1.807, 2.05) is 97.9 Å². The number of sulfonamides is 2. The number of ether oxygens (including phenoxy) is 8. The quantitative estimate of drug-likeness (QED) is 0.0376. The number of benzene rings is 10. The van der Waals surface area contributed by atoms with Crippen molar-refractivity contribution in [3.8, 4) is 103 Å². The molecule has 750 valence electrons. The zero-order valence-electron chi connectivity index (χ0n) is 82.1. The van der Waals surface area contributed by atoms with Crippen LogP contribution in [0.5, 0.6) is 46.0 Å². The van der Waals surface area contributed by atoms with Gasteiger partial charge in [0.25, 0.3) is 16.7 Å². The number of aromatic amines is 3. The lowest BCUT2D eigenvalue weighted by atomic mass is 9.84. The first-order chi connectivity index (χ1) is 67.8. The summed E-state index contributed by atoms with van der Waals surface area (Å²) in [6.45, 7) is 35.9. The van der Waals surface area contributed by atoms with Crippen molar-refractivity contribution < 1.29 is 69.0 Å². The van der Waals surface area contributed by atoms with Crippen molar-refractivity contribution in [1.29, 1.82) is 0 Å². The van der Waals surface area contributed by atoms with Crippen LogP contribution in [0.2, 0.25) is 0 Å². The molecule has 6 aliphatic rings. The van der Waals surface area contributed by atoms with Gasteiger partial charge in [0.15, 0.2) is 0 Å². The molecule has 0 fully saturated rings. The van der Waals surface area contributed by atoms with E-state index in [9.17, 15) is 40.8 Å². The Morgan fingerprint density at radius 3 is 1.38 bits per heavy atom. The molecule has 0 radical (unpaired) electrons. The van der Waals surface area contributed by atoms with Crippen LogP contribution in [0.3, 0.4) is 0 Å². The fourth-order valence-corrected chi connectivity index (χ4v) is 20.2. The summed E-state index contributed by atoms with van der Waals surface area (Å²) in [4.78, 5) is 70.2. The highest BCUT2D eigenvalue weighted by Gasteiger charge is 2.40. The fraction of sp³-hybridized carbons (Fsp3) is 0.259. The number of pyridine rings is 3. The van der Waals surface area contributed by atoms with Crippen molar-refractivity contribution in [2.24, 2.45) is 0 Å². The third-order valence-corrected chi connectivity index (χ3v) is 28.5. The second-order valence-electron chi connectivity index (χ2n) is 38.9. The van der Waals surface area contributed by atoms with Gasteiger partial charge in [-0.2, -0.15) is 0 Å². The van der Waals surface area contributed by atoms with Gasteiger partial charge in [-0.05, 0) is 268 Å². The molecule has 0 atom stereocenters. The van der Waals surface area contributed by atoms with Gasteiger partial charge in [0.05, 0.1) is 99.2 Å². The molecule has 0 aliphatic carbocycles. The number of nitrogens with one attached hydrogen (secondary N) is 5. The predicted molar refractivity (Wildman–Crippen MR) is 591 cm³/mol. The largest absolute Gasteiger partial charge is 0.507 e. The fourth-order valence-electron chi connectivity index (χ4n) is 16.2. The average Bonchev–Trinajstić information content (AvgIpc) is 1.54. The molecule has 0 unspecified atom stereocenters. The van der Waals surface area contributed by atoms with Crippen molar-refractivity contribution in [3.63, 3.8) is 0 Å². The standard InChI is InChI=1S/C26H24N2O6S.C25H22N2O6S.C15H14BrNO2.C10H10Br2O.2C10H11BrO.C10H12O.C6H5BrO/c1-26(2)15-34-23-17(12-18(13-22(23)26)20-6-5-11-27-24(20)29)8-7-16-9-10-19(28-35(4,31)32)14-21(16)25(30)33-3;1-25(2)13-32-22-19(9-15(10-20(22)25)17-5-4-8-26-23(17)28)21-11-14-6-7-16(27-34(3,30)31)12-18(14)24(29)33-21;1-15(2)8-19-13-11(15)6-9(7-12(13)16)10-4-3-5-17-14(10)18;1-10(2)5-13-9-7(10)3-6(11)4-8(9)12;1-10(2)6-12-9-4-3-7(11)5-8(9)10;1-8(2)7-12-10-6-4-3-5-9(10)11;1-10(2)7-11-9-6-4-3-5-8(9)10;7-5-3-1-2-4-6(5)8/h5-6,9-14,28H,15H2,1-4H3,(H,27,29);4-12,27H,13H2,1-3H3,(H,26,28);3-7H,8H2,1-2H3,(H,17,18);3-4H,5H2,1-2H3;3-5H,6H2,1-2H3;3-6H,1,7H2,2H3;3-6H,7H2,1-2H3;1-4,8H. The van der Waals surface area contributed by atoms with Gasteiger partial charge < -0.3 is 62.4 Å². The van der Waals surface area contributed by atoms with Crippen molar-refractivity contribution >= 4 is 144 Å². The summed E-state index contributed by atoms with van der Waals surface area (Å²) in [6.07, 6.45) is 6.84. The molecule has 0 saturated carbocycles. The number of phenolic OH excluding ortho intramolecular Hbond substituents is 1. The number of hydrogen-bond donors (Lipinski definition) is 6. The molecule has 10 heterocycles. The minimum absolute atomic E-state index is 0.0323. The Kier molecular flexibility index (Phi) is 34.2. The molecule has 0 amide bonds. The highest BCUT2D eigenvalue weighted by molar-refractivity contribution is 9.11. The molecule has 144 heavy (non-hydrogen) atoms. The molecule has 24 nitrogen and oxygen atoms in total. The highest BCUT2D eigenvalue weighted by Crippen LogP contribution is 2.51. The molecule has 32 heteroatoms. The zero-order valence-corrected chi connectivity index (χ0v) is 93.2.